The van der Waals surface area contributed by atoms with Gasteiger partial charge in [-0.3, -0.25) is 0 Å². The first kappa shape index (κ1) is 17.2. The second-order valence-electron chi connectivity index (χ2n) is 5.33. The van der Waals surface area contributed by atoms with Crippen molar-refractivity contribution in [2.45, 2.75) is 39.4 Å². The highest BCUT2D eigenvalue weighted by Gasteiger charge is 2.26. The molecule has 0 aliphatic rings. The Morgan fingerprint density at radius 3 is 2.48 bits per heavy atom. The lowest BCUT2D eigenvalue weighted by Gasteiger charge is -2.22. The summed E-state index contributed by atoms with van der Waals surface area (Å²) < 4.78 is 14.8. The van der Waals surface area contributed by atoms with Crippen molar-refractivity contribution < 1.29 is 23.8 Å². The minimum atomic E-state index is -0.844. The fourth-order valence-electron chi connectivity index (χ4n) is 1.46. The number of hydrogen-bond acceptors (Lipinski definition) is 6. The van der Waals surface area contributed by atoms with Crippen LogP contribution in [0.2, 0.25) is 0 Å². The second-order valence-corrected chi connectivity index (χ2v) is 6.31. The number of carbonyl (C=O) groups excluding carboxylic acids is 2. The van der Waals surface area contributed by atoms with Crippen molar-refractivity contribution in [1.82, 2.24) is 0 Å². The van der Waals surface area contributed by atoms with E-state index in [4.69, 9.17) is 9.47 Å². The lowest BCUT2D eigenvalue weighted by Crippen LogP contribution is -2.29. The van der Waals surface area contributed by atoms with Gasteiger partial charge in [0, 0.05) is 4.88 Å². The molecule has 0 aromatic carbocycles. The maximum Gasteiger partial charge on any atom is 0.508 e. The largest absolute Gasteiger partial charge is 0.508 e. The van der Waals surface area contributed by atoms with E-state index in [-0.39, 0.29) is 5.57 Å². The summed E-state index contributed by atoms with van der Waals surface area (Å²) in [6.07, 6.45) is 0.0457. The molecule has 0 unspecified atom stereocenters. The van der Waals surface area contributed by atoms with Gasteiger partial charge in [-0.15, -0.1) is 11.3 Å². The smallest absolute Gasteiger partial charge is 0.457 e. The molecule has 1 aromatic heterocycles. The predicted molar refractivity (Wildman–Crippen MR) is 81.1 cm³/mol. The molecular weight excluding hydrogens is 292 g/mol. The molecule has 6 heteroatoms. The summed E-state index contributed by atoms with van der Waals surface area (Å²) in [6.45, 7) is 6.93. The molecule has 21 heavy (non-hydrogen) atoms. The van der Waals surface area contributed by atoms with Crippen LogP contribution in [0, 0.1) is 0 Å². The molecule has 1 rings (SSSR count). The summed E-state index contributed by atoms with van der Waals surface area (Å²) in [5.74, 6) is -0.521. The van der Waals surface area contributed by atoms with E-state index in [1.54, 1.807) is 33.8 Å². The Balaban J connectivity index is 3.00. The molecule has 0 aliphatic carbocycles. The number of esters is 1. The summed E-state index contributed by atoms with van der Waals surface area (Å²) >= 11 is 1.47. The molecule has 1 heterocycles. The highest BCUT2D eigenvalue weighted by atomic mass is 32.1. The summed E-state index contributed by atoms with van der Waals surface area (Å²) in [4.78, 5) is 24.4. The average molecular weight is 312 g/mol. The van der Waals surface area contributed by atoms with E-state index in [0.717, 1.165) is 4.88 Å². The van der Waals surface area contributed by atoms with Crippen LogP contribution in [0.1, 0.15) is 32.6 Å². The Kier molecular flexibility index (Phi) is 5.96. The van der Waals surface area contributed by atoms with E-state index in [9.17, 15) is 9.59 Å². The normalized spacial score (nSPS) is 13.5. The molecule has 116 valence electrons. The van der Waals surface area contributed by atoms with Crippen molar-refractivity contribution in [3.63, 3.8) is 0 Å². The van der Waals surface area contributed by atoms with E-state index >= 15 is 0 Å². The Hall–Kier alpha value is -1.82. The average Bonchev–Trinajstić information content (AvgIpc) is 2.86. The van der Waals surface area contributed by atoms with Crippen molar-refractivity contribution in [3.8, 4) is 0 Å². The van der Waals surface area contributed by atoms with Crippen LogP contribution >= 0.6 is 11.3 Å². The van der Waals surface area contributed by atoms with Crippen LogP contribution in [0.3, 0.4) is 0 Å². The van der Waals surface area contributed by atoms with Gasteiger partial charge in [0.15, 0.2) is 0 Å². The van der Waals surface area contributed by atoms with Crippen LogP contribution in [-0.2, 0) is 19.0 Å². The number of hydrogen-bond donors (Lipinski definition) is 0. The quantitative estimate of drug-likeness (QED) is 0.627. The third-order valence-electron chi connectivity index (χ3n) is 2.35. The fraction of sp³-hybridized carbons (Fsp3) is 0.467. The SMILES string of the molecule is COC(=O)O[C@H](C)/C(=C\c1cccs1)C(=O)OC(C)(C)C. The lowest BCUT2D eigenvalue weighted by molar-refractivity contribution is -0.150. The number of methoxy groups -OCH3 is 1. The van der Waals surface area contributed by atoms with Crippen molar-refractivity contribution in [2.75, 3.05) is 7.11 Å². The van der Waals surface area contributed by atoms with Crippen LogP contribution in [0.15, 0.2) is 23.1 Å². The molecule has 0 amide bonds. The Morgan fingerprint density at radius 2 is 2.00 bits per heavy atom. The van der Waals surface area contributed by atoms with Crippen molar-refractivity contribution in [1.29, 1.82) is 0 Å². The number of carbonyl (C=O) groups is 2. The van der Waals surface area contributed by atoms with Gasteiger partial charge in [-0.25, -0.2) is 9.59 Å². The molecule has 1 atom stereocenters. The summed E-state index contributed by atoms with van der Waals surface area (Å²) in [7, 11) is 1.21. The van der Waals surface area contributed by atoms with Gasteiger partial charge in [-0.1, -0.05) is 6.07 Å². The highest BCUT2D eigenvalue weighted by Crippen LogP contribution is 2.21. The number of ether oxygens (including phenoxy) is 3. The first-order valence-corrected chi connectivity index (χ1v) is 7.34. The molecule has 0 bridgehead atoms. The van der Waals surface area contributed by atoms with Gasteiger partial charge >= 0.3 is 12.1 Å². The summed E-state index contributed by atoms with van der Waals surface area (Å²) in [5, 5.41) is 1.89. The molecule has 1 aromatic rings. The molecule has 0 saturated heterocycles. The maximum absolute atomic E-state index is 12.3. The minimum absolute atomic E-state index is 0.262. The van der Waals surface area contributed by atoms with E-state index < -0.39 is 23.8 Å². The minimum Gasteiger partial charge on any atom is -0.457 e. The molecule has 0 spiro atoms. The fourth-order valence-corrected chi connectivity index (χ4v) is 2.13. The zero-order chi connectivity index (χ0) is 16.0. The molecule has 5 nitrogen and oxygen atoms in total. The van der Waals surface area contributed by atoms with Gasteiger partial charge in [0.2, 0.25) is 0 Å². The Morgan fingerprint density at radius 1 is 1.33 bits per heavy atom. The molecule has 0 saturated carbocycles. The van der Waals surface area contributed by atoms with Crippen molar-refractivity contribution in [2.24, 2.45) is 0 Å². The third kappa shape index (κ3) is 5.99. The van der Waals surface area contributed by atoms with Crippen LogP contribution in [0.25, 0.3) is 6.08 Å². The number of thiophene rings is 1. The van der Waals surface area contributed by atoms with E-state index in [1.165, 1.54) is 18.4 Å². The summed E-state index contributed by atoms with van der Waals surface area (Å²) in [6, 6.07) is 3.73. The third-order valence-corrected chi connectivity index (χ3v) is 3.17. The van der Waals surface area contributed by atoms with Gasteiger partial charge in [-0.05, 0) is 45.2 Å². The first-order chi connectivity index (χ1) is 9.73. The van der Waals surface area contributed by atoms with Gasteiger partial charge in [-0.2, -0.15) is 0 Å². The number of rotatable bonds is 4. The van der Waals surface area contributed by atoms with E-state index in [0.29, 0.717) is 0 Å². The van der Waals surface area contributed by atoms with Crippen LogP contribution in [0.5, 0.6) is 0 Å². The standard InChI is InChI=1S/C15H20O5S/c1-10(19-14(17)18-5)12(9-11-7-6-8-21-11)13(16)20-15(2,3)4/h6-10H,1-5H3/b12-9+/t10-/m1/s1. The van der Waals surface area contributed by atoms with Crippen LogP contribution in [0.4, 0.5) is 4.79 Å². The molecule has 0 N–H and O–H groups in total. The monoisotopic (exact) mass is 312 g/mol. The van der Waals surface area contributed by atoms with Gasteiger partial charge in [0.25, 0.3) is 0 Å². The van der Waals surface area contributed by atoms with Crippen molar-refractivity contribution >= 4 is 29.5 Å². The lowest BCUT2D eigenvalue weighted by atomic mass is 10.1. The Labute approximate surface area is 128 Å². The zero-order valence-electron chi connectivity index (χ0n) is 12.8. The van der Waals surface area contributed by atoms with E-state index in [2.05, 4.69) is 4.74 Å². The zero-order valence-corrected chi connectivity index (χ0v) is 13.7. The predicted octanol–water partition coefficient (Wildman–Crippen LogP) is 3.64. The molecule has 0 radical (unpaired) electrons. The topological polar surface area (TPSA) is 61.8 Å². The van der Waals surface area contributed by atoms with Crippen LogP contribution in [-0.4, -0.2) is 30.9 Å². The first-order valence-electron chi connectivity index (χ1n) is 6.46. The van der Waals surface area contributed by atoms with Gasteiger partial charge < -0.3 is 14.2 Å². The highest BCUT2D eigenvalue weighted by molar-refractivity contribution is 7.10. The van der Waals surface area contributed by atoms with Crippen molar-refractivity contribution in [3.05, 3.63) is 28.0 Å². The Bertz CT molecular complexity index is 511. The second kappa shape index (κ2) is 7.26. The summed E-state index contributed by atoms with van der Waals surface area (Å²) in [5.41, 5.74) is -0.367. The maximum atomic E-state index is 12.3. The van der Waals surface area contributed by atoms with Gasteiger partial charge in [0.1, 0.15) is 11.7 Å². The molecular formula is C15H20O5S. The van der Waals surface area contributed by atoms with E-state index in [1.807, 2.05) is 17.5 Å². The molecule has 0 fully saturated rings. The van der Waals surface area contributed by atoms with Gasteiger partial charge in [0.05, 0.1) is 12.7 Å². The van der Waals surface area contributed by atoms with Crippen LogP contribution < -0.4 is 0 Å². The molecule has 0 aliphatic heterocycles.